The molecule has 25 heavy (non-hydrogen) atoms. The molecule has 1 aliphatic rings. The minimum absolute atomic E-state index is 0. The Morgan fingerprint density at radius 3 is 3.00 bits per heavy atom. The van der Waals surface area contributed by atoms with E-state index in [4.69, 9.17) is 16.1 Å². The molecule has 8 heteroatoms. The van der Waals surface area contributed by atoms with Crippen LogP contribution in [0.3, 0.4) is 0 Å². The molecular formula is C17H20Cl2FN3O2. The monoisotopic (exact) mass is 387 g/mol. The molecule has 1 amide bonds. The van der Waals surface area contributed by atoms with Gasteiger partial charge in [0.15, 0.2) is 0 Å². The third kappa shape index (κ3) is 4.51. The normalized spacial score (nSPS) is 17.2. The van der Waals surface area contributed by atoms with E-state index in [0.29, 0.717) is 31.6 Å². The summed E-state index contributed by atoms with van der Waals surface area (Å²) in [5.74, 6) is -0.278. The van der Waals surface area contributed by atoms with Crippen molar-refractivity contribution in [1.82, 2.24) is 15.4 Å². The molecule has 1 saturated heterocycles. The van der Waals surface area contributed by atoms with E-state index in [-0.39, 0.29) is 35.4 Å². The zero-order valence-corrected chi connectivity index (χ0v) is 15.4. The van der Waals surface area contributed by atoms with Gasteiger partial charge in [-0.05, 0) is 42.6 Å². The Morgan fingerprint density at radius 2 is 2.32 bits per heavy atom. The summed E-state index contributed by atoms with van der Waals surface area (Å²) in [4.78, 5) is 14.5. The van der Waals surface area contributed by atoms with Gasteiger partial charge in [-0.3, -0.25) is 4.79 Å². The van der Waals surface area contributed by atoms with Crippen LogP contribution >= 0.6 is 24.0 Å². The molecule has 1 aromatic carbocycles. The van der Waals surface area contributed by atoms with Gasteiger partial charge in [0.05, 0.1) is 11.7 Å². The minimum Gasteiger partial charge on any atom is -0.344 e. The molecule has 0 aliphatic carbocycles. The van der Waals surface area contributed by atoms with Crippen molar-refractivity contribution >= 4 is 29.9 Å². The van der Waals surface area contributed by atoms with Crippen LogP contribution in [0.4, 0.5) is 4.39 Å². The molecule has 136 valence electrons. The lowest BCUT2D eigenvalue weighted by Crippen LogP contribution is -2.48. The Balaban J connectivity index is 0.00000225. The number of nitrogens with zero attached hydrogens (tertiary/aromatic N) is 2. The zero-order valence-electron chi connectivity index (χ0n) is 13.8. The van der Waals surface area contributed by atoms with Crippen molar-refractivity contribution < 1.29 is 13.7 Å². The average molecular weight is 388 g/mol. The van der Waals surface area contributed by atoms with Crippen LogP contribution in [0.2, 0.25) is 5.22 Å². The maximum absolute atomic E-state index is 13.5. The largest absolute Gasteiger partial charge is 0.344 e. The lowest BCUT2D eigenvalue weighted by molar-refractivity contribution is -0.134. The fourth-order valence-electron chi connectivity index (χ4n) is 3.03. The van der Waals surface area contributed by atoms with E-state index in [9.17, 15) is 9.18 Å². The van der Waals surface area contributed by atoms with Gasteiger partial charge in [-0.25, -0.2) is 4.39 Å². The fraction of sp³-hybridized carbons (Fsp3) is 0.412. The highest BCUT2D eigenvalue weighted by atomic mass is 35.5. The second-order valence-corrected chi connectivity index (χ2v) is 6.23. The van der Waals surface area contributed by atoms with Crippen LogP contribution in [0.5, 0.6) is 0 Å². The first-order valence-electron chi connectivity index (χ1n) is 7.92. The van der Waals surface area contributed by atoms with Crippen LogP contribution in [0, 0.1) is 12.7 Å². The van der Waals surface area contributed by atoms with Gasteiger partial charge >= 0.3 is 0 Å². The molecule has 1 atom stereocenters. The summed E-state index contributed by atoms with van der Waals surface area (Å²) in [7, 11) is 0. The average Bonchev–Trinajstić information content (AvgIpc) is 2.91. The smallest absolute Gasteiger partial charge is 0.229 e. The number of hydrogen-bond acceptors (Lipinski definition) is 4. The van der Waals surface area contributed by atoms with E-state index in [2.05, 4.69) is 10.5 Å². The SMILES string of the molecule is Cc1noc(Cl)c1CCC(=O)N1CCNCC1c1cccc(F)c1.Cl. The summed E-state index contributed by atoms with van der Waals surface area (Å²) >= 11 is 5.95. The molecule has 3 rings (SSSR count). The Kier molecular flexibility index (Phi) is 6.81. The van der Waals surface area contributed by atoms with Crippen molar-refractivity contribution in [3.63, 3.8) is 0 Å². The lowest BCUT2D eigenvalue weighted by atomic mass is 10.0. The third-order valence-electron chi connectivity index (χ3n) is 4.32. The molecule has 1 aliphatic heterocycles. The third-order valence-corrected chi connectivity index (χ3v) is 4.62. The Hall–Kier alpha value is -1.63. The van der Waals surface area contributed by atoms with Gasteiger partial charge in [-0.2, -0.15) is 0 Å². The van der Waals surface area contributed by atoms with E-state index >= 15 is 0 Å². The Morgan fingerprint density at radius 1 is 1.52 bits per heavy atom. The predicted octanol–water partition coefficient (Wildman–Crippen LogP) is 3.30. The summed E-state index contributed by atoms with van der Waals surface area (Å²) < 4.78 is 18.4. The summed E-state index contributed by atoms with van der Waals surface area (Å²) in [6.07, 6.45) is 0.792. The van der Waals surface area contributed by atoms with Crippen molar-refractivity contribution in [3.05, 3.63) is 52.1 Å². The Labute approximate surface area is 156 Å². The molecule has 0 bridgehead atoms. The molecule has 0 saturated carbocycles. The maximum Gasteiger partial charge on any atom is 0.229 e. The van der Waals surface area contributed by atoms with Crippen molar-refractivity contribution in [2.24, 2.45) is 0 Å². The van der Waals surface area contributed by atoms with Crippen molar-refractivity contribution in [3.8, 4) is 0 Å². The number of hydrogen-bond donors (Lipinski definition) is 1. The van der Waals surface area contributed by atoms with Crippen LogP contribution in [0.15, 0.2) is 28.8 Å². The van der Waals surface area contributed by atoms with E-state index < -0.39 is 0 Å². The molecule has 0 radical (unpaired) electrons. The number of nitrogens with one attached hydrogen (secondary N) is 1. The molecule has 1 aromatic heterocycles. The van der Waals surface area contributed by atoms with E-state index in [1.54, 1.807) is 13.0 Å². The number of carbonyl (C=O) groups is 1. The molecule has 1 unspecified atom stereocenters. The zero-order chi connectivity index (χ0) is 17.1. The highest BCUT2D eigenvalue weighted by Gasteiger charge is 2.28. The number of aryl methyl sites for hydroxylation is 1. The van der Waals surface area contributed by atoms with Crippen LogP contribution in [-0.4, -0.2) is 35.6 Å². The number of carbonyl (C=O) groups excluding carboxylic acids is 1. The maximum atomic E-state index is 13.5. The summed E-state index contributed by atoms with van der Waals surface area (Å²) in [5, 5.41) is 7.30. The second-order valence-electron chi connectivity index (χ2n) is 5.88. The van der Waals surface area contributed by atoms with Gasteiger partial charge in [-0.15, -0.1) is 12.4 Å². The fourth-order valence-corrected chi connectivity index (χ4v) is 3.30. The highest BCUT2D eigenvalue weighted by Crippen LogP contribution is 2.25. The Bertz CT molecular complexity index is 719. The number of halogens is 3. The lowest BCUT2D eigenvalue weighted by Gasteiger charge is -2.36. The summed E-state index contributed by atoms with van der Waals surface area (Å²) in [6, 6.07) is 6.24. The van der Waals surface area contributed by atoms with E-state index in [1.807, 2.05) is 11.0 Å². The second kappa shape index (κ2) is 8.65. The first-order chi connectivity index (χ1) is 11.6. The number of benzene rings is 1. The molecule has 0 spiro atoms. The number of aromatic nitrogens is 1. The first-order valence-corrected chi connectivity index (χ1v) is 8.30. The standard InChI is InChI=1S/C17H19ClFN3O2.ClH/c1-11-14(17(18)24-21-11)5-6-16(23)22-8-7-20-10-15(22)12-3-2-4-13(19)9-12;/h2-4,9,15,20H,5-8,10H2,1H3;1H. The van der Waals surface area contributed by atoms with Gasteiger partial charge in [-0.1, -0.05) is 17.3 Å². The van der Waals surface area contributed by atoms with Crippen molar-refractivity contribution in [2.45, 2.75) is 25.8 Å². The minimum atomic E-state index is -0.294. The van der Waals surface area contributed by atoms with Gasteiger partial charge < -0.3 is 14.7 Å². The summed E-state index contributed by atoms with van der Waals surface area (Å²) in [6.45, 7) is 3.73. The number of piperazine rings is 1. The first kappa shape index (κ1) is 19.7. The quantitative estimate of drug-likeness (QED) is 0.873. The van der Waals surface area contributed by atoms with Gasteiger partial charge in [0, 0.05) is 31.6 Å². The topological polar surface area (TPSA) is 58.4 Å². The molecule has 1 N–H and O–H groups in total. The van der Waals surface area contributed by atoms with Crippen molar-refractivity contribution in [2.75, 3.05) is 19.6 Å². The molecule has 1 fully saturated rings. The van der Waals surface area contributed by atoms with Gasteiger partial charge in [0.25, 0.3) is 0 Å². The summed E-state index contributed by atoms with van der Waals surface area (Å²) in [5.41, 5.74) is 2.27. The van der Waals surface area contributed by atoms with E-state index in [1.165, 1.54) is 12.1 Å². The van der Waals surface area contributed by atoms with Crippen LogP contribution < -0.4 is 5.32 Å². The number of amides is 1. The van der Waals surface area contributed by atoms with Gasteiger partial charge in [0.2, 0.25) is 11.1 Å². The van der Waals surface area contributed by atoms with Gasteiger partial charge in [0.1, 0.15) is 5.82 Å². The van der Waals surface area contributed by atoms with Crippen LogP contribution in [0.1, 0.15) is 29.3 Å². The molecule has 5 nitrogen and oxygen atoms in total. The number of rotatable bonds is 4. The van der Waals surface area contributed by atoms with Crippen molar-refractivity contribution in [1.29, 1.82) is 0 Å². The predicted molar refractivity (Wildman–Crippen MR) is 95.5 cm³/mol. The highest BCUT2D eigenvalue weighted by molar-refractivity contribution is 6.29. The molecule has 2 aromatic rings. The van der Waals surface area contributed by atoms with E-state index in [0.717, 1.165) is 17.7 Å². The van der Waals surface area contributed by atoms with Crippen LogP contribution in [-0.2, 0) is 11.2 Å². The molecular weight excluding hydrogens is 368 g/mol. The van der Waals surface area contributed by atoms with Crippen LogP contribution in [0.25, 0.3) is 0 Å². The molecule has 2 heterocycles.